The summed E-state index contributed by atoms with van der Waals surface area (Å²) in [5, 5.41) is 2.90. The van der Waals surface area contributed by atoms with Crippen LogP contribution in [0.15, 0.2) is 48.5 Å². The highest BCUT2D eigenvalue weighted by molar-refractivity contribution is 8.00. The summed E-state index contributed by atoms with van der Waals surface area (Å²) in [6.45, 7) is 3.90. The summed E-state index contributed by atoms with van der Waals surface area (Å²) in [7, 11) is 1.60. The molecule has 0 bridgehead atoms. The molecule has 0 aromatic heterocycles. The first-order valence-corrected chi connectivity index (χ1v) is 12.4. The van der Waals surface area contributed by atoms with Crippen molar-refractivity contribution in [3.8, 4) is 5.75 Å². The Bertz CT molecular complexity index is 1030. The molecule has 2 saturated heterocycles. The molecule has 2 aromatic carbocycles. The number of nitrogens with zero attached hydrogens (tertiary/aromatic N) is 2. The number of urea groups is 1. The van der Waals surface area contributed by atoms with Gasteiger partial charge >= 0.3 is 12.0 Å². The van der Waals surface area contributed by atoms with Gasteiger partial charge in [0.1, 0.15) is 5.75 Å². The molecule has 180 valence electrons. The van der Waals surface area contributed by atoms with Crippen LogP contribution in [0.3, 0.4) is 0 Å². The number of anilines is 1. The SMILES string of the molecule is CCOC(=O)c1ccc(NC(=O)N2CCC3(CC2)SCCN3C(=O)c2ccc(OC)cc2)cc1. The van der Waals surface area contributed by atoms with E-state index in [4.69, 9.17) is 9.47 Å². The third kappa shape index (κ3) is 4.99. The Hall–Kier alpha value is -3.20. The molecule has 2 aliphatic rings. The minimum atomic E-state index is -0.385. The zero-order valence-electron chi connectivity index (χ0n) is 19.4. The highest BCUT2D eigenvalue weighted by Crippen LogP contribution is 2.44. The van der Waals surface area contributed by atoms with Gasteiger partial charge in [-0.15, -0.1) is 11.8 Å². The van der Waals surface area contributed by atoms with Crippen LogP contribution in [-0.4, -0.2) is 71.7 Å². The largest absolute Gasteiger partial charge is 0.497 e. The van der Waals surface area contributed by atoms with Gasteiger partial charge in [0.2, 0.25) is 0 Å². The monoisotopic (exact) mass is 483 g/mol. The zero-order chi connectivity index (χ0) is 24.1. The summed E-state index contributed by atoms with van der Waals surface area (Å²) in [6, 6.07) is 13.7. The summed E-state index contributed by atoms with van der Waals surface area (Å²) in [4.78, 5) is 41.3. The molecule has 2 fully saturated rings. The molecule has 4 rings (SSSR count). The van der Waals surface area contributed by atoms with Gasteiger partial charge in [-0.1, -0.05) is 0 Å². The summed E-state index contributed by atoms with van der Waals surface area (Å²) in [6.07, 6.45) is 1.43. The fourth-order valence-electron chi connectivity index (χ4n) is 4.36. The Balaban J connectivity index is 1.35. The van der Waals surface area contributed by atoms with E-state index >= 15 is 0 Å². The minimum absolute atomic E-state index is 0.0206. The summed E-state index contributed by atoms with van der Waals surface area (Å²) in [5.41, 5.74) is 1.71. The third-order valence-electron chi connectivity index (χ3n) is 6.24. The maximum atomic E-state index is 13.2. The Labute approximate surface area is 203 Å². The van der Waals surface area contributed by atoms with Gasteiger partial charge in [0.15, 0.2) is 0 Å². The van der Waals surface area contributed by atoms with E-state index in [0.29, 0.717) is 43.1 Å². The molecule has 0 radical (unpaired) electrons. The van der Waals surface area contributed by atoms with E-state index < -0.39 is 0 Å². The number of hydrogen-bond acceptors (Lipinski definition) is 6. The van der Waals surface area contributed by atoms with Crippen LogP contribution in [0.5, 0.6) is 5.75 Å². The Kier molecular flexibility index (Phi) is 7.31. The van der Waals surface area contributed by atoms with E-state index in [1.807, 2.05) is 16.7 Å². The Morgan fingerprint density at radius 2 is 1.62 bits per heavy atom. The van der Waals surface area contributed by atoms with Crippen molar-refractivity contribution in [1.82, 2.24) is 9.80 Å². The number of amides is 3. The van der Waals surface area contributed by atoms with Crippen molar-refractivity contribution in [2.45, 2.75) is 24.6 Å². The molecule has 0 aliphatic carbocycles. The van der Waals surface area contributed by atoms with E-state index in [0.717, 1.165) is 24.3 Å². The normalized spacial score (nSPS) is 16.9. The Morgan fingerprint density at radius 3 is 2.24 bits per heavy atom. The van der Waals surface area contributed by atoms with Crippen molar-refractivity contribution in [2.75, 3.05) is 44.4 Å². The van der Waals surface area contributed by atoms with Gasteiger partial charge in [-0.3, -0.25) is 4.79 Å². The van der Waals surface area contributed by atoms with Crippen LogP contribution < -0.4 is 10.1 Å². The van der Waals surface area contributed by atoms with Crippen molar-refractivity contribution in [3.63, 3.8) is 0 Å². The van der Waals surface area contributed by atoms with E-state index in [-0.39, 0.29) is 22.8 Å². The molecular formula is C25H29N3O5S. The number of carbonyl (C=O) groups excluding carboxylic acids is 3. The Morgan fingerprint density at radius 1 is 0.971 bits per heavy atom. The standard InChI is InChI=1S/C25H29N3O5S/c1-3-33-23(30)19-4-8-20(9-5-19)26-24(31)27-14-12-25(13-15-27)28(16-17-34-25)22(29)18-6-10-21(32-2)11-7-18/h4-11H,3,12-17H2,1-2H3,(H,26,31). The van der Waals surface area contributed by atoms with Gasteiger partial charge < -0.3 is 24.6 Å². The van der Waals surface area contributed by atoms with Crippen molar-refractivity contribution in [1.29, 1.82) is 0 Å². The zero-order valence-corrected chi connectivity index (χ0v) is 20.2. The second-order valence-electron chi connectivity index (χ2n) is 8.19. The number of likely N-dealkylation sites (tertiary alicyclic amines) is 1. The van der Waals surface area contributed by atoms with Gasteiger partial charge in [0.05, 0.1) is 24.2 Å². The van der Waals surface area contributed by atoms with E-state index in [2.05, 4.69) is 5.32 Å². The van der Waals surface area contributed by atoms with E-state index in [9.17, 15) is 14.4 Å². The van der Waals surface area contributed by atoms with E-state index in [1.54, 1.807) is 67.5 Å². The van der Waals surface area contributed by atoms with Crippen LogP contribution in [0.25, 0.3) is 0 Å². The summed E-state index contributed by atoms with van der Waals surface area (Å²) >= 11 is 1.81. The van der Waals surface area contributed by atoms with Crippen molar-refractivity contribution < 1.29 is 23.9 Å². The lowest BCUT2D eigenvalue weighted by molar-refractivity contribution is 0.0525. The van der Waals surface area contributed by atoms with Crippen LogP contribution in [-0.2, 0) is 4.74 Å². The number of benzene rings is 2. The van der Waals surface area contributed by atoms with Crippen LogP contribution in [0.4, 0.5) is 10.5 Å². The predicted octanol–water partition coefficient (Wildman–Crippen LogP) is 4.09. The molecule has 2 aromatic rings. The highest BCUT2D eigenvalue weighted by atomic mass is 32.2. The number of piperidine rings is 1. The lowest BCUT2D eigenvalue weighted by Gasteiger charge is -2.44. The van der Waals surface area contributed by atoms with Crippen LogP contribution in [0, 0.1) is 0 Å². The number of methoxy groups -OCH3 is 1. The lowest BCUT2D eigenvalue weighted by Crippen LogP contribution is -2.54. The minimum Gasteiger partial charge on any atom is -0.497 e. The van der Waals surface area contributed by atoms with Gasteiger partial charge in [-0.2, -0.15) is 0 Å². The van der Waals surface area contributed by atoms with Crippen LogP contribution in [0.1, 0.15) is 40.5 Å². The molecule has 2 heterocycles. The van der Waals surface area contributed by atoms with Crippen molar-refractivity contribution in [2.24, 2.45) is 0 Å². The molecule has 1 N–H and O–H groups in total. The van der Waals surface area contributed by atoms with Crippen LogP contribution in [0.2, 0.25) is 0 Å². The average Bonchev–Trinajstić information content (AvgIpc) is 3.27. The number of nitrogens with one attached hydrogen (secondary N) is 1. The molecule has 3 amide bonds. The van der Waals surface area contributed by atoms with Gasteiger partial charge in [-0.25, -0.2) is 9.59 Å². The number of thioether (sulfide) groups is 1. The number of hydrogen-bond donors (Lipinski definition) is 1. The first-order chi connectivity index (χ1) is 16.5. The highest BCUT2D eigenvalue weighted by Gasteiger charge is 2.47. The molecule has 8 nitrogen and oxygen atoms in total. The molecule has 1 spiro atoms. The van der Waals surface area contributed by atoms with Crippen molar-refractivity contribution in [3.05, 3.63) is 59.7 Å². The number of ether oxygens (including phenoxy) is 2. The van der Waals surface area contributed by atoms with Gasteiger partial charge in [0.25, 0.3) is 5.91 Å². The lowest BCUT2D eigenvalue weighted by atomic mass is 10.0. The maximum absolute atomic E-state index is 13.2. The molecular weight excluding hydrogens is 454 g/mol. The van der Waals surface area contributed by atoms with Gasteiger partial charge in [0, 0.05) is 36.6 Å². The quantitative estimate of drug-likeness (QED) is 0.645. The molecule has 0 unspecified atom stereocenters. The summed E-state index contributed by atoms with van der Waals surface area (Å²) in [5.74, 6) is 1.25. The van der Waals surface area contributed by atoms with Gasteiger partial charge in [-0.05, 0) is 68.3 Å². The summed E-state index contributed by atoms with van der Waals surface area (Å²) < 4.78 is 10.2. The molecule has 9 heteroatoms. The van der Waals surface area contributed by atoms with E-state index in [1.165, 1.54) is 0 Å². The number of esters is 1. The van der Waals surface area contributed by atoms with Crippen molar-refractivity contribution >= 4 is 35.4 Å². The topological polar surface area (TPSA) is 88.2 Å². The molecule has 2 aliphatic heterocycles. The average molecular weight is 484 g/mol. The second-order valence-corrected chi connectivity index (χ2v) is 9.65. The second kappa shape index (κ2) is 10.4. The molecule has 34 heavy (non-hydrogen) atoms. The molecule has 0 saturated carbocycles. The number of rotatable bonds is 5. The fraction of sp³-hybridized carbons (Fsp3) is 0.400. The molecule has 0 atom stereocenters. The first-order valence-electron chi connectivity index (χ1n) is 11.4. The third-order valence-corrected chi connectivity index (χ3v) is 7.79. The fourth-order valence-corrected chi connectivity index (χ4v) is 5.82. The predicted molar refractivity (Wildman–Crippen MR) is 131 cm³/mol. The van der Waals surface area contributed by atoms with Crippen LogP contribution >= 0.6 is 11.8 Å². The first kappa shape index (κ1) is 23.9. The smallest absolute Gasteiger partial charge is 0.338 e. The number of carbonyl (C=O) groups is 3. The maximum Gasteiger partial charge on any atom is 0.338 e.